The number of carbonyl (C=O) groups excluding carboxylic acids is 2. The lowest BCUT2D eigenvalue weighted by Gasteiger charge is -2.43. The van der Waals surface area contributed by atoms with Gasteiger partial charge in [0.2, 0.25) is 0 Å². The number of hydrogen-bond acceptors (Lipinski definition) is 4. The molecule has 0 bridgehead atoms. The molecule has 0 radical (unpaired) electrons. The zero-order chi connectivity index (χ0) is 17.9. The lowest BCUT2D eigenvalue weighted by Crippen LogP contribution is -2.48. The van der Waals surface area contributed by atoms with Crippen LogP contribution in [-0.2, 0) is 18.8 Å². The summed E-state index contributed by atoms with van der Waals surface area (Å²) in [7, 11) is -1.82. The summed E-state index contributed by atoms with van der Waals surface area (Å²) in [6.07, 6.45) is 3.17. The predicted octanol–water partition coefficient (Wildman–Crippen LogP) is 4.48. The van der Waals surface area contributed by atoms with Gasteiger partial charge in [-0.2, -0.15) is 0 Å². The molecule has 0 N–H and O–H groups in total. The third-order valence-electron chi connectivity index (χ3n) is 5.57. The van der Waals surface area contributed by atoms with Crippen LogP contribution in [-0.4, -0.2) is 32.8 Å². The minimum atomic E-state index is -1.82. The van der Waals surface area contributed by atoms with Gasteiger partial charge in [-0.15, -0.1) is 0 Å². The SMILES string of the molecule is CCOC(=O)C1(C(=O)CC)CCC(O[Si](C)(C)C(C)(C)C)CC1. The van der Waals surface area contributed by atoms with E-state index in [0.29, 0.717) is 25.9 Å². The quantitative estimate of drug-likeness (QED) is 0.406. The minimum Gasteiger partial charge on any atom is -0.465 e. The van der Waals surface area contributed by atoms with Crippen molar-refractivity contribution in [2.45, 2.75) is 91.0 Å². The first kappa shape index (κ1) is 20.4. The molecule has 0 atom stereocenters. The number of esters is 1. The van der Waals surface area contributed by atoms with Crippen LogP contribution in [0.1, 0.15) is 66.7 Å². The molecule has 1 fully saturated rings. The fourth-order valence-corrected chi connectivity index (χ4v) is 4.42. The van der Waals surface area contributed by atoms with Crippen LogP contribution in [0.3, 0.4) is 0 Å². The highest BCUT2D eigenvalue weighted by Gasteiger charge is 2.49. The van der Waals surface area contributed by atoms with Crippen LogP contribution in [0.25, 0.3) is 0 Å². The lowest BCUT2D eigenvalue weighted by atomic mass is 9.69. The molecule has 0 aromatic rings. The Labute approximate surface area is 142 Å². The van der Waals surface area contributed by atoms with Gasteiger partial charge in [-0.1, -0.05) is 27.7 Å². The molecule has 1 aliphatic rings. The molecule has 0 saturated heterocycles. The molecule has 1 aliphatic carbocycles. The maximum absolute atomic E-state index is 12.4. The molecule has 0 aromatic heterocycles. The summed E-state index contributed by atoms with van der Waals surface area (Å²) < 4.78 is 11.7. The molecule has 0 amide bonds. The third kappa shape index (κ3) is 4.44. The fourth-order valence-electron chi connectivity index (χ4n) is 3.00. The van der Waals surface area contributed by atoms with Crippen molar-refractivity contribution in [3.8, 4) is 0 Å². The fraction of sp³-hybridized carbons (Fsp3) is 0.889. The van der Waals surface area contributed by atoms with Crippen molar-refractivity contribution in [2.24, 2.45) is 5.41 Å². The van der Waals surface area contributed by atoms with E-state index in [1.807, 2.05) is 6.92 Å². The van der Waals surface area contributed by atoms with Crippen molar-refractivity contribution >= 4 is 20.1 Å². The van der Waals surface area contributed by atoms with Crippen molar-refractivity contribution in [1.82, 2.24) is 0 Å². The van der Waals surface area contributed by atoms with E-state index in [9.17, 15) is 9.59 Å². The van der Waals surface area contributed by atoms with E-state index in [1.165, 1.54) is 0 Å². The number of ether oxygens (including phenoxy) is 1. The van der Waals surface area contributed by atoms with Crippen molar-refractivity contribution in [3.63, 3.8) is 0 Å². The van der Waals surface area contributed by atoms with Gasteiger partial charge in [-0.25, -0.2) is 0 Å². The monoisotopic (exact) mass is 342 g/mol. The normalized spacial score (nSPS) is 26.0. The number of ketones is 1. The van der Waals surface area contributed by atoms with Gasteiger partial charge in [-0.05, 0) is 50.7 Å². The molecule has 1 saturated carbocycles. The van der Waals surface area contributed by atoms with Crippen molar-refractivity contribution in [1.29, 1.82) is 0 Å². The first-order chi connectivity index (χ1) is 10.5. The van der Waals surface area contributed by atoms with Gasteiger partial charge < -0.3 is 9.16 Å². The van der Waals surface area contributed by atoms with Crippen LogP contribution in [0.2, 0.25) is 18.1 Å². The predicted molar refractivity (Wildman–Crippen MR) is 94.9 cm³/mol. The summed E-state index contributed by atoms with van der Waals surface area (Å²) in [4.78, 5) is 24.8. The van der Waals surface area contributed by atoms with Crippen molar-refractivity contribution in [2.75, 3.05) is 6.61 Å². The molecule has 4 nitrogen and oxygen atoms in total. The summed E-state index contributed by atoms with van der Waals surface area (Å²) in [5.74, 6) is -0.320. The molecule has 0 aliphatic heterocycles. The molecule has 0 unspecified atom stereocenters. The molecule has 5 heteroatoms. The smallest absolute Gasteiger partial charge is 0.319 e. The summed E-state index contributed by atoms with van der Waals surface area (Å²) in [6, 6.07) is 0. The Bertz CT molecular complexity index is 429. The number of rotatable bonds is 6. The number of hydrogen-bond donors (Lipinski definition) is 0. The Kier molecular flexibility index (Phi) is 6.61. The van der Waals surface area contributed by atoms with E-state index in [0.717, 1.165) is 12.8 Å². The first-order valence-electron chi connectivity index (χ1n) is 8.88. The largest absolute Gasteiger partial charge is 0.465 e. The van der Waals surface area contributed by atoms with Gasteiger partial charge in [0.15, 0.2) is 8.32 Å². The lowest BCUT2D eigenvalue weighted by molar-refractivity contribution is -0.163. The maximum Gasteiger partial charge on any atom is 0.319 e. The van der Waals surface area contributed by atoms with Gasteiger partial charge in [0, 0.05) is 12.5 Å². The van der Waals surface area contributed by atoms with Crippen molar-refractivity contribution in [3.05, 3.63) is 0 Å². The second kappa shape index (κ2) is 7.47. The van der Waals surface area contributed by atoms with Crippen LogP contribution < -0.4 is 0 Å². The van der Waals surface area contributed by atoms with E-state index in [1.54, 1.807) is 6.92 Å². The van der Waals surface area contributed by atoms with Crippen LogP contribution in [0, 0.1) is 5.41 Å². The highest BCUT2D eigenvalue weighted by Crippen LogP contribution is 2.44. The highest BCUT2D eigenvalue weighted by atomic mass is 28.4. The maximum atomic E-state index is 12.4. The van der Waals surface area contributed by atoms with Crippen LogP contribution in [0.4, 0.5) is 0 Å². The van der Waals surface area contributed by atoms with Gasteiger partial charge >= 0.3 is 5.97 Å². The highest BCUT2D eigenvalue weighted by molar-refractivity contribution is 6.74. The second-order valence-electron chi connectivity index (χ2n) is 8.16. The zero-order valence-corrected chi connectivity index (χ0v) is 17.0. The van der Waals surface area contributed by atoms with E-state index >= 15 is 0 Å². The van der Waals surface area contributed by atoms with E-state index in [-0.39, 0.29) is 22.9 Å². The summed E-state index contributed by atoms with van der Waals surface area (Å²) in [5, 5.41) is 0.169. The third-order valence-corrected chi connectivity index (χ3v) is 10.1. The molecule has 0 spiro atoms. The molecule has 1 rings (SSSR count). The van der Waals surface area contributed by atoms with E-state index in [4.69, 9.17) is 9.16 Å². The molecular weight excluding hydrogens is 308 g/mol. The van der Waals surface area contributed by atoms with Gasteiger partial charge in [0.05, 0.1) is 6.61 Å². The Morgan fingerprint density at radius 2 is 1.65 bits per heavy atom. The van der Waals surface area contributed by atoms with Crippen LogP contribution >= 0.6 is 0 Å². The molecular formula is C18H34O4Si. The zero-order valence-electron chi connectivity index (χ0n) is 16.0. The summed E-state index contributed by atoms with van der Waals surface area (Å²) >= 11 is 0. The summed E-state index contributed by atoms with van der Waals surface area (Å²) in [6.45, 7) is 15.1. The topological polar surface area (TPSA) is 52.6 Å². The van der Waals surface area contributed by atoms with Crippen LogP contribution in [0.5, 0.6) is 0 Å². The second-order valence-corrected chi connectivity index (χ2v) is 12.9. The average Bonchev–Trinajstić information content (AvgIpc) is 2.46. The van der Waals surface area contributed by atoms with E-state index < -0.39 is 13.7 Å². The minimum absolute atomic E-state index is 0.0155. The molecule has 0 heterocycles. The van der Waals surface area contributed by atoms with Gasteiger partial charge in [0.1, 0.15) is 11.2 Å². The average molecular weight is 343 g/mol. The summed E-state index contributed by atoms with van der Waals surface area (Å²) in [5.41, 5.74) is -0.932. The van der Waals surface area contributed by atoms with Gasteiger partial charge in [-0.3, -0.25) is 9.59 Å². The number of carbonyl (C=O) groups is 2. The van der Waals surface area contributed by atoms with Crippen molar-refractivity contribution < 1.29 is 18.8 Å². The Morgan fingerprint density at radius 1 is 1.13 bits per heavy atom. The van der Waals surface area contributed by atoms with Crippen LogP contribution in [0.15, 0.2) is 0 Å². The Balaban J connectivity index is 2.81. The first-order valence-corrected chi connectivity index (χ1v) is 11.8. The Morgan fingerprint density at radius 3 is 2.04 bits per heavy atom. The van der Waals surface area contributed by atoms with E-state index in [2.05, 4.69) is 33.9 Å². The number of Topliss-reactive ketones (excluding diaryl/α,β-unsaturated/α-hetero) is 1. The standard InChI is InChI=1S/C18H34O4Si/c1-8-15(19)18(16(20)21-9-2)12-10-14(11-13-18)22-23(6,7)17(3,4)5/h14H,8-13H2,1-7H3. The molecule has 134 valence electrons. The molecule has 0 aromatic carbocycles. The van der Waals surface area contributed by atoms with Gasteiger partial charge in [0.25, 0.3) is 0 Å². The molecule has 23 heavy (non-hydrogen) atoms. The Hall–Kier alpha value is -0.683.